The highest BCUT2D eigenvalue weighted by atomic mass is 35.5. The number of benzene rings is 2. The van der Waals surface area contributed by atoms with Crippen LogP contribution < -0.4 is 5.32 Å². The quantitative estimate of drug-likeness (QED) is 0.540. The third-order valence-corrected chi connectivity index (χ3v) is 5.28. The predicted molar refractivity (Wildman–Crippen MR) is 109 cm³/mol. The largest absolute Gasteiger partial charge is 0.337 e. The van der Waals surface area contributed by atoms with Crippen LogP contribution in [0.5, 0.6) is 0 Å². The van der Waals surface area contributed by atoms with Crippen molar-refractivity contribution >= 4 is 46.5 Å². The highest BCUT2D eigenvalue weighted by molar-refractivity contribution is 6.36. The Hall–Kier alpha value is -2.28. The van der Waals surface area contributed by atoms with Crippen molar-refractivity contribution in [3.63, 3.8) is 0 Å². The fraction of sp³-hybridized carbons (Fsp3) is 0.211. The van der Waals surface area contributed by atoms with Gasteiger partial charge in [0.15, 0.2) is 0 Å². The minimum Gasteiger partial charge on any atom is -0.337 e. The third kappa shape index (κ3) is 3.94. The maximum absolute atomic E-state index is 12.8. The molecule has 1 aliphatic heterocycles. The Morgan fingerprint density at radius 1 is 1.14 bits per heavy atom. The maximum Gasteiger partial charge on any atom is 0.322 e. The van der Waals surface area contributed by atoms with Crippen LogP contribution in [0.1, 0.15) is 24.8 Å². The monoisotopic (exact) mass is 436 g/mol. The van der Waals surface area contributed by atoms with Crippen molar-refractivity contribution in [2.75, 3.05) is 11.9 Å². The first-order valence-corrected chi connectivity index (χ1v) is 9.77. The zero-order chi connectivity index (χ0) is 19.7. The van der Waals surface area contributed by atoms with Crippen molar-refractivity contribution in [2.45, 2.75) is 18.9 Å². The van der Waals surface area contributed by atoms with Gasteiger partial charge >= 0.3 is 6.03 Å². The summed E-state index contributed by atoms with van der Waals surface area (Å²) in [7, 11) is 0. The number of carbonyl (C=O) groups excluding carboxylic acids is 1. The van der Waals surface area contributed by atoms with Gasteiger partial charge in [-0.25, -0.2) is 4.79 Å². The van der Waals surface area contributed by atoms with Gasteiger partial charge < -0.3 is 14.7 Å². The maximum atomic E-state index is 12.8. The van der Waals surface area contributed by atoms with Gasteiger partial charge in [-0.15, -0.1) is 0 Å². The van der Waals surface area contributed by atoms with E-state index in [0.29, 0.717) is 39.0 Å². The summed E-state index contributed by atoms with van der Waals surface area (Å²) in [5, 5.41) is 8.31. The molecule has 1 fully saturated rings. The fourth-order valence-electron chi connectivity index (χ4n) is 3.16. The lowest BCUT2D eigenvalue weighted by Crippen LogP contribution is -2.34. The van der Waals surface area contributed by atoms with Crippen LogP contribution >= 0.6 is 34.8 Å². The number of hydrogen-bond acceptors (Lipinski definition) is 4. The molecule has 0 bridgehead atoms. The van der Waals surface area contributed by atoms with E-state index in [9.17, 15) is 4.79 Å². The first-order chi connectivity index (χ1) is 13.5. The fourth-order valence-corrected chi connectivity index (χ4v) is 3.81. The summed E-state index contributed by atoms with van der Waals surface area (Å²) in [6.45, 7) is 0.580. The van der Waals surface area contributed by atoms with Gasteiger partial charge in [-0.05, 0) is 43.2 Å². The van der Waals surface area contributed by atoms with E-state index in [0.717, 1.165) is 18.4 Å². The number of aromatic nitrogens is 2. The van der Waals surface area contributed by atoms with E-state index in [1.165, 1.54) is 0 Å². The number of rotatable bonds is 3. The summed E-state index contributed by atoms with van der Waals surface area (Å²) in [6, 6.07) is 11.5. The number of urea groups is 1. The Bertz CT molecular complexity index is 1020. The summed E-state index contributed by atoms with van der Waals surface area (Å²) < 4.78 is 5.44. The van der Waals surface area contributed by atoms with Crippen LogP contribution in [0.25, 0.3) is 11.4 Å². The molecule has 1 unspecified atom stereocenters. The molecule has 1 saturated heterocycles. The molecule has 0 radical (unpaired) electrons. The molecule has 0 saturated carbocycles. The van der Waals surface area contributed by atoms with Crippen LogP contribution in [0.4, 0.5) is 10.5 Å². The van der Waals surface area contributed by atoms with Crippen LogP contribution in [-0.2, 0) is 0 Å². The second-order valence-electron chi connectivity index (χ2n) is 6.37. The second-order valence-corrected chi connectivity index (χ2v) is 7.65. The van der Waals surface area contributed by atoms with E-state index in [4.69, 9.17) is 39.3 Å². The molecule has 9 heteroatoms. The molecule has 0 spiro atoms. The van der Waals surface area contributed by atoms with Crippen LogP contribution in [-0.4, -0.2) is 27.6 Å². The molecule has 28 heavy (non-hydrogen) atoms. The predicted octanol–water partition coefficient (Wildman–Crippen LogP) is 6.07. The molecular formula is C19H15Cl3N4O2. The minimum absolute atomic E-state index is 0.283. The van der Waals surface area contributed by atoms with Crippen LogP contribution in [0.2, 0.25) is 15.1 Å². The first-order valence-electron chi connectivity index (χ1n) is 8.63. The standard InChI is InChI=1S/C19H15Cl3N4O2/c20-12-4-1-3-11(9-12)17-24-18(28-25-17)16-5-2-8-26(16)19(27)23-15-7-6-13(21)10-14(15)22/h1,3-4,6-7,9-10,16H,2,5,8H2,(H,23,27). The molecule has 1 atom stereocenters. The van der Waals surface area contributed by atoms with Crippen LogP contribution in [0.15, 0.2) is 47.0 Å². The van der Waals surface area contributed by atoms with Crippen molar-refractivity contribution in [2.24, 2.45) is 0 Å². The molecular weight excluding hydrogens is 423 g/mol. The van der Waals surface area contributed by atoms with E-state index in [-0.39, 0.29) is 12.1 Å². The molecule has 4 rings (SSSR count). The summed E-state index contributed by atoms with van der Waals surface area (Å²) >= 11 is 18.1. The van der Waals surface area contributed by atoms with Gasteiger partial charge in [0.2, 0.25) is 11.7 Å². The second kappa shape index (κ2) is 7.99. The number of likely N-dealkylation sites (tertiary alicyclic amines) is 1. The SMILES string of the molecule is O=C(Nc1ccc(Cl)cc1Cl)N1CCCC1c1nc(-c2cccc(Cl)c2)no1. The summed E-state index contributed by atoms with van der Waals surface area (Å²) in [5.74, 6) is 0.829. The normalized spacial score (nSPS) is 16.4. The molecule has 3 aromatic rings. The number of anilines is 1. The lowest BCUT2D eigenvalue weighted by molar-refractivity contribution is 0.193. The number of nitrogens with one attached hydrogen (secondary N) is 1. The molecule has 144 valence electrons. The molecule has 2 amide bonds. The number of amides is 2. The van der Waals surface area contributed by atoms with Crippen molar-refractivity contribution in [3.8, 4) is 11.4 Å². The summed E-state index contributed by atoms with van der Waals surface area (Å²) in [6.07, 6.45) is 1.57. The molecule has 1 N–H and O–H groups in total. The lowest BCUT2D eigenvalue weighted by atomic mass is 10.2. The van der Waals surface area contributed by atoms with Gasteiger partial charge in [0.25, 0.3) is 0 Å². The lowest BCUT2D eigenvalue weighted by Gasteiger charge is -2.22. The Morgan fingerprint density at radius 3 is 2.75 bits per heavy atom. The van der Waals surface area contributed by atoms with Crippen molar-refractivity contribution in [1.29, 1.82) is 0 Å². The van der Waals surface area contributed by atoms with Crippen LogP contribution in [0.3, 0.4) is 0 Å². The Morgan fingerprint density at radius 2 is 1.96 bits per heavy atom. The average Bonchev–Trinajstić information content (AvgIpc) is 3.33. The van der Waals surface area contributed by atoms with E-state index in [2.05, 4.69) is 15.5 Å². The van der Waals surface area contributed by atoms with E-state index in [1.807, 2.05) is 12.1 Å². The number of carbonyl (C=O) groups is 1. The van der Waals surface area contributed by atoms with Crippen molar-refractivity contribution in [1.82, 2.24) is 15.0 Å². The smallest absolute Gasteiger partial charge is 0.322 e. The molecule has 2 aromatic carbocycles. The van der Waals surface area contributed by atoms with E-state index >= 15 is 0 Å². The number of hydrogen-bond donors (Lipinski definition) is 1. The highest BCUT2D eigenvalue weighted by Crippen LogP contribution is 2.33. The van der Waals surface area contributed by atoms with Crippen molar-refractivity contribution < 1.29 is 9.32 Å². The van der Waals surface area contributed by atoms with Gasteiger partial charge in [-0.2, -0.15) is 4.98 Å². The van der Waals surface area contributed by atoms with Gasteiger partial charge in [0, 0.05) is 22.2 Å². The zero-order valence-electron chi connectivity index (χ0n) is 14.5. The minimum atomic E-state index is -0.300. The third-order valence-electron chi connectivity index (χ3n) is 4.50. The van der Waals surface area contributed by atoms with E-state index < -0.39 is 0 Å². The Labute approximate surface area is 176 Å². The molecule has 6 nitrogen and oxygen atoms in total. The molecule has 1 aliphatic rings. The summed E-state index contributed by atoms with van der Waals surface area (Å²) in [4.78, 5) is 18.9. The zero-order valence-corrected chi connectivity index (χ0v) is 16.8. The average molecular weight is 438 g/mol. The number of halogens is 3. The van der Waals surface area contributed by atoms with Gasteiger partial charge in [-0.1, -0.05) is 52.1 Å². The highest BCUT2D eigenvalue weighted by Gasteiger charge is 2.34. The summed E-state index contributed by atoms with van der Waals surface area (Å²) in [5.41, 5.74) is 1.25. The van der Waals surface area contributed by atoms with Crippen LogP contribution in [0, 0.1) is 0 Å². The molecule has 0 aliphatic carbocycles. The Kier molecular flexibility index (Phi) is 5.44. The molecule has 2 heterocycles. The van der Waals surface area contributed by atoms with Gasteiger partial charge in [0.05, 0.1) is 10.7 Å². The number of nitrogens with zero attached hydrogens (tertiary/aromatic N) is 3. The van der Waals surface area contributed by atoms with Gasteiger partial charge in [0.1, 0.15) is 6.04 Å². The van der Waals surface area contributed by atoms with Crippen molar-refractivity contribution in [3.05, 3.63) is 63.4 Å². The molecule has 1 aromatic heterocycles. The Balaban J connectivity index is 1.53. The first kappa shape index (κ1) is 19.1. The topological polar surface area (TPSA) is 71.3 Å². The van der Waals surface area contributed by atoms with E-state index in [1.54, 1.807) is 35.2 Å². The van der Waals surface area contributed by atoms with Gasteiger partial charge in [-0.3, -0.25) is 0 Å².